The molecule has 3 rings (SSSR count). The van der Waals surface area contributed by atoms with Crippen molar-refractivity contribution in [3.63, 3.8) is 0 Å². The molecule has 0 bridgehead atoms. The second-order valence-electron chi connectivity index (χ2n) is 5.56. The minimum absolute atomic E-state index is 0. The van der Waals surface area contributed by atoms with Gasteiger partial charge in [0.05, 0.1) is 0 Å². The van der Waals surface area contributed by atoms with E-state index in [0.29, 0.717) is 0 Å². The van der Waals surface area contributed by atoms with Crippen molar-refractivity contribution in [3.05, 3.63) is 53.6 Å². The van der Waals surface area contributed by atoms with E-state index in [1.165, 1.54) is 46.2 Å². The van der Waals surface area contributed by atoms with Crippen LogP contribution >= 0.6 is 0 Å². The van der Waals surface area contributed by atoms with Crippen LogP contribution in [0.2, 0.25) is 0 Å². The molecule has 0 aromatic heterocycles. The van der Waals surface area contributed by atoms with Crippen molar-refractivity contribution in [3.8, 4) is 0 Å². The molecule has 1 aromatic rings. The topological polar surface area (TPSA) is 0 Å². The molecule has 0 radical (unpaired) electrons. The maximum atomic E-state index is 4.33. The fourth-order valence-electron chi connectivity index (χ4n) is 3.31. The average molecular weight is 299 g/mol. The lowest BCUT2D eigenvalue weighted by Gasteiger charge is -2.30. The third kappa shape index (κ3) is 3.61. The molecule has 0 aliphatic heterocycles. The molecule has 0 fully saturated rings. The highest BCUT2D eigenvalue weighted by atomic mass is 14.3. The Balaban J connectivity index is 0.00000106. The first-order chi connectivity index (χ1) is 9.70. The van der Waals surface area contributed by atoms with Gasteiger partial charge in [-0.25, -0.2) is 0 Å². The fraction of sp³-hybridized carbons (Fsp3) is 0.455. The molecule has 2 aliphatic rings. The van der Waals surface area contributed by atoms with E-state index in [9.17, 15) is 0 Å². The summed E-state index contributed by atoms with van der Waals surface area (Å²) < 4.78 is 0. The van der Waals surface area contributed by atoms with Crippen LogP contribution in [-0.2, 0) is 6.42 Å². The zero-order valence-electron chi connectivity index (χ0n) is 13.1. The van der Waals surface area contributed by atoms with Gasteiger partial charge in [0.1, 0.15) is 0 Å². The molecule has 0 saturated carbocycles. The van der Waals surface area contributed by atoms with Gasteiger partial charge in [0.25, 0.3) is 0 Å². The molecule has 0 nitrogen and oxygen atoms in total. The number of hydrogen-bond acceptors (Lipinski definition) is 0. The van der Waals surface area contributed by atoms with E-state index in [0.717, 1.165) is 18.8 Å². The van der Waals surface area contributed by atoms with Gasteiger partial charge < -0.3 is 0 Å². The van der Waals surface area contributed by atoms with Crippen LogP contribution in [0.3, 0.4) is 0 Å². The Labute approximate surface area is 138 Å². The SMILES string of the molecule is C.C.C=C1CC=Cc2ccc3c(c21)C(=C)CC(CC)C3.CC. The number of fused-ring (bicyclic) bond motifs is 3. The Hall–Kier alpha value is -1.56. The molecule has 0 amide bonds. The van der Waals surface area contributed by atoms with Crippen molar-refractivity contribution in [2.45, 2.75) is 61.3 Å². The third-order valence-corrected chi connectivity index (χ3v) is 4.31. The fourth-order valence-corrected chi connectivity index (χ4v) is 3.31. The Morgan fingerprint density at radius 3 is 2.32 bits per heavy atom. The first-order valence-electron chi connectivity index (χ1n) is 7.89. The summed E-state index contributed by atoms with van der Waals surface area (Å²) in [6, 6.07) is 4.55. The summed E-state index contributed by atoms with van der Waals surface area (Å²) >= 11 is 0. The van der Waals surface area contributed by atoms with Crippen LogP contribution in [0.4, 0.5) is 0 Å². The second kappa shape index (κ2) is 8.78. The predicted octanol–water partition coefficient (Wildman–Crippen LogP) is 7.40. The van der Waals surface area contributed by atoms with Crippen molar-refractivity contribution in [1.29, 1.82) is 0 Å². The van der Waals surface area contributed by atoms with Gasteiger partial charge in [-0.1, -0.05) is 79.5 Å². The van der Waals surface area contributed by atoms with Crippen molar-refractivity contribution in [2.75, 3.05) is 0 Å². The molecule has 0 heteroatoms. The third-order valence-electron chi connectivity index (χ3n) is 4.31. The van der Waals surface area contributed by atoms with E-state index < -0.39 is 0 Å². The van der Waals surface area contributed by atoms with Gasteiger partial charge in [0.2, 0.25) is 0 Å². The maximum Gasteiger partial charge on any atom is -0.00769 e. The van der Waals surface area contributed by atoms with Crippen molar-refractivity contribution < 1.29 is 0 Å². The highest BCUT2D eigenvalue weighted by Crippen LogP contribution is 2.42. The molecule has 0 spiro atoms. The molecular weight excluding hydrogens is 264 g/mol. The van der Waals surface area contributed by atoms with Gasteiger partial charge in [-0.2, -0.15) is 0 Å². The van der Waals surface area contributed by atoms with Gasteiger partial charge >= 0.3 is 0 Å². The van der Waals surface area contributed by atoms with Crippen molar-refractivity contribution >= 4 is 17.2 Å². The van der Waals surface area contributed by atoms with Gasteiger partial charge in [0, 0.05) is 0 Å². The Morgan fingerprint density at radius 2 is 1.68 bits per heavy atom. The number of allylic oxidation sites excluding steroid dienone is 3. The lowest BCUT2D eigenvalue weighted by Crippen LogP contribution is -2.15. The average Bonchev–Trinajstić information content (AvgIpc) is 2.49. The molecule has 1 unspecified atom stereocenters. The molecule has 1 aromatic carbocycles. The van der Waals surface area contributed by atoms with Crippen LogP contribution in [0.15, 0.2) is 31.4 Å². The molecular formula is C22H34. The van der Waals surface area contributed by atoms with E-state index in [1.54, 1.807) is 0 Å². The maximum absolute atomic E-state index is 4.33. The van der Waals surface area contributed by atoms with Crippen LogP contribution in [0.1, 0.15) is 77.1 Å². The van der Waals surface area contributed by atoms with Gasteiger partial charge in [-0.3, -0.25) is 0 Å². The lowest BCUT2D eigenvalue weighted by molar-refractivity contribution is 0.508. The normalized spacial score (nSPS) is 18.0. The molecule has 122 valence electrons. The van der Waals surface area contributed by atoms with Crippen LogP contribution in [0, 0.1) is 5.92 Å². The lowest BCUT2D eigenvalue weighted by atomic mass is 9.75. The molecule has 0 saturated heterocycles. The standard InChI is InChI=1S/C18H20.C2H6.2CH4/c1-4-14-10-13(3)18-16(11-14)9-8-15-7-5-6-12(2)17(15)18;1-2;;/h5,7-9,14H,2-4,6,10-11H2,1H3;1-2H3;2*1H4. The highest BCUT2D eigenvalue weighted by Gasteiger charge is 2.25. The van der Waals surface area contributed by atoms with Gasteiger partial charge in [-0.05, 0) is 58.6 Å². The number of rotatable bonds is 1. The number of hydrogen-bond donors (Lipinski definition) is 0. The largest absolute Gasteiger partial charge is 0.0952 e. The summed E-state index contributed by atoms with van der Waals surface area (Å²) in [6.07, 6.45) is 9.01. The first kappa shape index (κ1) is 20.4. The summed E-state index contributed by atoms with van der Waals surface area (Å²) in [4.78, 5) is 0. The Kier molecular flexibility index (Phi) is 8.16. The van der Waals surface area contributed by atoms with Crippen LogP contribution in [0.5, 0.6) is 0 Å². The summed E-state index contributed by atoms with van der Waals surface area (Å²) in [5, 5.41) is 0. The monoisotopic (exact) mass is 298 g/mol. The molecule has 22 heavy (non-hydrogen) atoms. The highest BCUT2D eigenvalue weighted by molar-refractivity contribution is 5.88. The Morgan fingerprint density at radius 1 is 1.00 bits per heavy atom. The smallest absolute Gasteiger partial charge is 0.00769 e. The quantitative estimate of drug-likeness (QED) is 0.506. The van der Waals surface area contributed by atoms with E-state index in [1.807, 2.05) is 13.8 Å². The zero-order chi connectivity index (χ0) is 14.7. The van der Waals surface area contributed by atoms with Gasteiger partial charge in [0.15, 0.2) is 0 Å². The molecule has 2 aliphatic carbocycles. The minimum Gasteiger partial charge on any atom is -0.0952 e. The zero-order valence-corrected chi connectivity index (χ0v) is 13.1. The van der Waals surface area contributed by atoms with Gasteiger partial charge in [-0.15, -0.1) is 0 Å². The molecule has 1 atom stereocenters. The van der Waals surface area contributed by atoms with Crippen LogP contribution < -0.4 is 0 Å². The minimum atomic E-state index is 0. The van der Waals surface area contributed by atoms with Crippen LogP contribution in [-0.4, -0.2) is 0 Å². The second-order valence-corrected chi connectivity index (χ2v) is 5.56. The molecule has 0 heterocycles. The van der Waals surface area contributed by atoms with E-state index in [-0.39, 0.29) is 14.9 Å². The van der Waals surface area contributed by atoms with Crippen LogP contribution in [0.25, 0.3) is 17.2 Å². The van der Waals surface area contributed by atoms with E-state index in [4.69, 9.17) is 0 Å². The van der Waals surface area contributed by atoms with E-state index >= 15 is 0 Å². The Bertz CT molecular complexity index is 558. The number of benzene rings is 1. The first-order valence-corrected chi connectivity index (χ1v) is 7.89. The summed E-state index contributed by atoms with van der Waals surface area (Å²) in [5.74, 6) is 0.774. The van der Waals surface area contributed by atoms with E-state index in [2.05, 4.69) is 44.4 Å². The van der Waals surface area contributed by atoms with Crippen molar-refractivity contribution in [1.82, 2.24) is 0 Å². The summed E-state index contributed by atoms with van der Waals surface area (Å²) in [7, 11) is 0. The van der Waals surface area contributed by atoms with Crippen molar-refractivity contribution in [2.24, 2.45) is 5.92 Å². The molecule has 0 N–H and O–H groups in total. The summed E-state index contributed by atoms with van der Waals surface area (Å²) in [5.41, 5.74) is 8.15. The predicted molar refractivity (Wildman–Crippen MR) is 105 cm³/mol. The summed E-state index contributed by atoms with van der Waals surface area (Å²) in [6.45, 7) is 14.9.